The molecule has 0 heterocycles. The summed E-state index contributed by atoms with van der Waals surface area (Å²) in [7, 11) is -4.62. The number of benzene rings is 1. The Balaban J connectivity index is 2.37. The first-order valence-corrected chi connectivity index (χ1v) is 11.6. The third kappa shape index (κ3) is 11.6. The van der Waals surface area contributed by atoms with Gasteiger partial charge in [0.25, 0.3) is 0 Å². The standard InChI is InChI=1S/C20H34NO6P/c1-2-3-4-5-6-10-17-11-7-8-12-18(17)13-9-14-20(23)21-19(15-22)16-27-28(24,25)26/h7-8,11-12,19,22H,2-6,9-10,13-16H2,1H3,(H,21,23)(H2,24,25,26)/t19-/m1/s1. The molecular formula is C20H34NO6P. The maximum atomic E-state index is 12.0. The molecule has 8 heteroatoms. The Hall–Kier alpha value is -1.24. The highest BCUT2D eigenvalue weighted by Crippen LogP contribution is 2.35. The third-order valence-electron chi connectivity index (χ3n) is 4.55. The van der Waals surface area contributed by atoms with E-state index in [9.17, 15) is 14.5 Å². The van der Waals surface area contributed by atoms with Crippen molar-refractivity contribution in [1.29, 1.82) is 0 Å². The Bertz CT molecular complexity index is 618. The van der Waals surface area contributed by atoms with Crippen LogP contribution in [0.2, 0.25) is 0 Å². The number of phosphoric acid groups is 1. The fourth-order valence-corrected chi connectivity index (χ4v) is 3.40. The minimum atomic E-state index is -4.62. The molecule has 1 aromatic rings. The highest BCUT2D eigenvalue weighted by Gasteiger charge is 2.19. The van der Waals surface area contributed by atoms with E-state index in [0.29, 0.717) is 6.42 Å². The zero-order valence-electron chi connectivity index (χ0n) is 16.7. The molecule has 160 valence electrons. The topological polar surface area (TPSA) is 116 Å². The van der Waals surface area contributed by atoms with Crippen molar-refractivity contribution in [3.05, 3.63) is 35.4 Å². The number of rotatable bonds is 15. The molecule has 1 rings (SSSR count). The summed E-state index contributed by atoms with van der Waals surface area (Å²) in [6, 6.07) is 7.47. The van der Waals surface area contributed by atoms with Gasteiger partial charge in [0.15, 0.2) is 0 Å². The van der Waals surface area contributed by atoms with Crippen molar-refractivity contribution in [1.82, 2.24) is 5.32 Å². The number of amides is 1. The maximum absolute atomic E-state index is 12.0. The summed E-state index contributed by atoms with van der Waals surface area (Å²) in [6.07, 6.45) is 8.99. The minimum absolute atomic E-state index is 0.273. The van der Waals surface area contributed by atoms with Crippen LogP contribution >= 0.6 is 7.82 Å². The van der Waals surface area contributed by atoms with Crippen molar-refractivity contribution in [2.75, 3.05) is 13.2 Å². The summed E-state index contributed by atoms with van der Waals surface area (Å²) < 4.78 is 15.0. The lowest BCUT2D eigenvalue weighted by atomic mass is 9.97. The Kier molecular flexibility index (Phi) is 12.3. The fourth-order valence-electron chi connectivity index (χ4n) is 3.03. The molecule has 1 amide bonds. The summed E-state index contributed by atoms with van der Waals surface area (Å²) in [5.74, 6) is -0.273. The zero-order valence-corrected chi connectivity index (χ0v) is 17.6. The molecule has 4 N–H and O–H groups in total. The lowest BCUT2D eigenvalue weighted by molar-refractivity contribution is -0.122. The van der Waals surface area contributed by atoms with Gasteiger partial charge in [-0.05, 0) is 36.8 Å². The monoisotopic (exact) mass is 415 g/mol. The summed E-state index contributed by atoms with van der Waals surface area (Å²) in [5, 5.41) is 11.7. The van der Waals surface area contributed by atoms with Crippen molar-refractivity contribution < 1.29 is 28.8 Å². The lowest BCUT2D eigenvalue weighted by Crippen LogP contribution is -2.40. The quantitative estimate of drug-likeness (QED) is 0.258. The van der Waals surface area contributed by atoms with Gasteiger partial charge in [0, 0.05) is 6.42 Å². The van der Waals surface area contributed by atoms with E-state index in [1.54, 1.807) is 0 Å². The minimum Gasteiger partial charge on any atom is -0.394 e. The van der Waals surface area contributed by atoms with Crippen molar-refractivity contribution in [3.63, 3.8) is 0 Å². The first kappa shape index (κ1) is 24.8. The molecule has 0 fully saturated rings. The predicted molar refractivity (Wildman–Crippen MR) is 109 cm³/mol. The molecule has 0 radical (unpaired) electrons. The van der Waals surface area contributed by atoms with Crippen molar-refractivity contribution in [2.45, 2.75) is 70.8 Å². The van der Waals surface area contributed by atoms with Crippen LogP contribution in [-0.2, 0) is 26.7 Å². The van der Waals surface area contributed by atoms with Gasteiger partial charge in [-0.1, -0.05) is 56.9 Å². The van der Waals surface area contributed by atoms with Gasteiger partial charge in [0.2, 0.25) is 5.91 Å². The van der Waals surface area contributed by atoms with Crippen LogP contribution in [0.15, 0.2) is 24.3 Å². The van der Waals surface area contributed by atoms with Gasteiger partial charge >= 0.3 is 7.82 Å². The molecule has 0 aliphatic carbocycles. The molecule has 1 aromatic carbocycles. The molecule has 0 saturated carbocycles. The molecule has 0 bridgehead atoms. The number of hydrogen-bond donors (Lipinski definition) is 4. The number of unbranched alkanes of at least 4 members (excludes halogenated alkanes) is 4. The first-order chi connectivity index (χ1) is 13.4. The second kappa shape index (κ2) is 13.9. The number of aliphatic hydroxyl groups is 1. The summed E-state index contributed by atoms with van der Waals surface area (Å²) in [4.78, 5) is 29.4. The average Bonchev–Trinajstić information content (AvgIpc) is 2.65. The Morgan fingerprint density at radius 2 is 1.68 bits per heavy atom. The lowest BCUT2D eigenvalue weighted by Gasteiger charge is -2.16. The highest BCUT2D eigenvalue weighted by molar-refractivity contribution is 7.46. The van der Waals surface area contributed by atoms with Crippen LogP contribution in [0.1, 0.15) is 63.0 Å². The second-order valence-corrected chi connectivity index (χ2v) is 8.26. The van der Waals surface area contributed by atoms with Crippen molar-refractivity contribution in [3.8, 4) is 0 Å². The normalized spacial score (nSPS) is 12.7. The average molecular weight is 415 g/mol. The molecular weight excluding hydrogens is 381 g/mol. The van der Waals surface area contributed by atoms with Crippen molar-refractivity contribution >= 4 is 13.7 Å². The van der Waals surface area contributed by atoms with E-state index in [1.807, 2.05) is 12.1 Å². The Labute approximate surface area is 167 Å². The van der Waals surface area contributed by atoms with E-state index in [4.69, 9.17) is 9.79 Å². The number of nitrogens with one attached hydrogen (secondary N) is 1. The summed E-state index contributed by atoms with van der Waals surface area (Å²) in [5.41, 5.74) is 2.59. The first-order valence-electron chi connectivity index (χ1n) is 10.0. The van der Waals surface area contributed by atoms with Gasteiger partial charge in [-0.3, -0.25) is 9.32 Å². The van der Waals surface area contributed by atoms with E-state index in [-0.39, 0.29) is 12.3 Å². The maximum Gasteiger partial charge on any atom is 0.469 e. The van der Waals surface area contributed by atoms with Gasteiger partial charge in [-0.15, -0.1) is 0 Å². The molecule has 1 atom stereocenters. The molecule has 0 aliphatic heterocycles. The zero-order chi connectivity index (χ0) is 20.8. The Morgan fingerprint density at radius 3 is 2.25 bits per heavy atom. The van der Waals surface area contributed by atoms with Gasteiger partial charge in [-0.2, -0.15) is 0 Å². The van der Waals surface area contributed by atoms with Crippen LogP contribution in [0.5, 0.6) is 0 Å². The number of carbonyl (C=O) groups is 1. The SMILES string of the molecule is CCCCCCCc1ccccc1CCCC(=O)N[C@H](CO)COP(=O)(O)O. The van der Waals surface area contributed by atoms with Crippen LogP contribution in [0.25, 0.3) is 0 Å². The third-order valence-corrected chi connectivity index (χ3v) is 5.03. The summed E-state index contributed by atoms with van der Waals surface area (Å²) >= 11 is 0. The number of aryl methyl sites for hydroxylation is 2. The van der Waals surface area contributed by atoms with Crippen LogP contribution in [0.3, 0.4) is 0 Å². The Morgan fingerprint density at radius 1 is 1.07 bits per heavy atom. The molecule has 28 heavy (non-hydrogen) atoms. The largest absolute Gasteiger partial charge is 0.469 e. The van der Waals surface area contributed by atoms with Crippen LogP contribution < -0.4 is 5.32 Å². The molecule has 7 nitrogen and oxygen atoms in total. The predicted octanol–water partition coefficient (Wildman–Crippen LogP) is 3.11. The molecule has 0 spiro atoms. The van der Waals surface area contributed by atoms with Crippen molar-refractivity contribution in [2.24, 2.45) is 0 Å². The number of hydrogen-bond acceptors (Lipinski definition) is 4. The van der Waals surface area contributed by atoms with Gasteiger partial charge < -0.3 is 20.2 Å². The second-order valence-electron chi connectivity index (χ2n) is 7.02. The number of aliphatic hydroxyl groups excluding tert-OH is 1. The van der Waals surface area contributed by atoms with E-state index in [1.165, 1.54) is 43.2 Å². The van der Waals surface area contributed by atoms with E-state index in [0.717, 1.165) is 12.8 Å². The van der Waals surface area contributed by atoms with Crippen LogP contribution in [-0.4, -0.2) is 40.1 Å². The molecule has 0 saturated heterocycles. The van der Waals surface area contributed by atoms with E-state index >= 15 is 0 Å². The highest BCUT2D eigenvalue weighted by atomic mass is 31.2. The van der Waals surface area contributed by atoms with E-state index in [2.05, 4.69) is 28.9 Å². The van der Waals surface area contributed by atoms with Gasteiger partial charge in [0.05, 0.1) is 19.3 Å². The number of phosphoric ester groups is 1. The summed E-state index contributed by atoms with van der Waals surface area (Å²) in [6.45, 7) is 1.32. The smallest absolute Gasteiger partial charge is 0.394 e. The van der Waals surface area contributed by atoms with Crippen LogP contribution in [0, 0.1) is 0 Å². The van der Waals surface area contributed by atoms with E-state index < -0.39 is 27.1 Å². The molecule has 0 unspecified atom stereocenters. The van der Waals surface area contributed by atoms with Gasteiger partial charge in [0.1, 0.15) is 0 Å². The molecule has 0 aromatic heterocycles. The van der Waals surface area contributed by atoms with Crippen LogP contribution in [0.4, 0.5) is 0 Å². The molecule has 0 aliphatic rings. The van der Waals surface area contributed by atoms with Gasteiger partial charge in [-0.25, -0.2) is 4.57 Å². The fraction of sp³-hybridized carbons (Fsp3) is 0.650. The number of carbonyl (C=O) groups excluding carboxylic acids is 1.